The molecule has 0 N–H and O–H groups in total. The molecule has 0 aromatic heterocycles. The van der Waals surface area contributed by atoms with Crippen LogP contribution in [-0.2, 0) is 28.7 Å². The van der Waals surface area contributed by atoms with Crippen LogP contribution in [0.15, 0.2) is 0 Å². The zero-order valence-corrected chi connectivity index (χ0v) is 19.6. The summed E-state index contributed by atoms with van der Waals surface area (Å²) in [6, 6.07) is 0. The molecule has 6 nitrogen and oxygen atoms in total. The normalized spacial score (nSPS) is 12.0. The molecule has 0 aromatic carbocycles. The van der Waals surface area contributed by atoms with Crippen molar-refractivity contribution in [2.75, 3.05) is 89.1 Å². The van der Waals surface area contributed by atoms with Gasteiger partial charge in [0.25, 0.3) is 0 Å². The van der Waals surface area contributed by atoms with Crippen LogP contribution in [-0.4, -0.2) is 89.1 Å². The summed E-state index contributed by atoms with van der Waals surface area (Å²) >= 11 is 16.7. The third-order valence-corrected chi connectivity index (χ3v) is 4.35. The van der Waals surface area contributed by atoms with Crippen molar-refractivity contribution in [3.63, 3.8) is 0 Å². The zero-order valence-electron chi connectivity index (χ0n) is 16.1. The van der Waals surface area contributed by atoms with Crippen LogP contribution >= 0.6 is 50.5 Å². The zero-order chi connectivity index (χ0) is 20.1. The highest BCUT2D eigenvalue weighted by atomic mass is 32.1. The van der Waals surface area contributed by atoms with E-state index in [9.17, 15) is 0 Å². The Hall–Kier alpha value is 1.16. The predicted molar refractivity (Wildman–Crippen MR) is 122 cm³/mol. The molecular weight excluding hydrogens is 428 g/mol. The smallest absolute Gasteiger partial charge is 0.0945 e. The van der Waals surface area contributed by atoms with Crippen molar-refractivity contribution in [2.45, 2.75) is 12.8 Å². The summed E-state index contributed by atoms with van der Waals surface area (Å²) < 4.78 is 22.9. The molecular formula is C17H36O6S4. The molecule has 0 aromatic rings. The number of ether oxygens (including phenoxy) is 4. The molecule has 27 heavy (non-hydrogen) atoms. The number of rotatable bonds is 22. The standard InChI is InChI=1S/C17H36O6S4/c24-9-1-3-19-13-17(14-20-4-2-10-25,16-23-22-8-12-27)15-21-6-5-18-7-11-26/h24-27H,1-16H2. The van der Waals surface area contributed by atoms with E-state index in [4.69, 9.17) is 28.7 Å². The highest BCUT2D eigenvalue weighted by Gasteiger charge is 2.33. The van der Waals surface area contributed by atoms with Gasteiger partial charge in [-0.15, -0.1) is 0 Å². The summed E-state index contributed by atoms with van der Waals surface area (Å²) in [4.78, 5) is 10.5. The van der Waals surface area contributed by atoms with E-state index in [0.29, 0.717) is 77.6 Å². The molecule has 0 aliphatic heterocycles. The van der Waals surface area contributed by atoms with E-state index in [-0.39, 0.29) is 0 Å². The third-order valence-electron chi connectivity index (χ3n) is 3.35. The number of hydrogen-bond acceptors (Lipinski definition) is 10. The molecule has 10 heteroatoms. The van der Waals surface area contributed by atoms with Gasteiger partial charge in [0.05, 0.1) is 58.3 Å². The molecule has 0 aliphatic rings. The van der Waals surface area contributed by atoms with Crippen molar-refractivity contribution in [3.05, 3.63) is 0 Å². The number of thiol groups is 4. The lowest BCUT2D eigenvalue weighted by atomic mass is 9.92. The Labute approximate surface area is 186 Å². The van der Waals surface area contributed by atoms with E-state index in [0.717, 1.165) is 24.3 Å². The summed E-state index contributed by atoms with van der Waals surface area (Å²) in [7, 11) is 0. The summed E-state index contributed by atoms with van der Waals surface area (Å²) in [6.45, 7) is 4.91. The molecule has 0 unspecified atom stereocenters. The average molecular weight is 465 g/mol. The quantitative estimate of drug-likeness (QED) is 0.0855. The first-order valence-corrected chi connectivity index (χ1v) is 11.8. The van der Waals surface area contributed by atoms with E-state index in [1.807, 2.05) is 0 Å². The minimum absolute atomic E-state index is 0.306. The van der Waals surface area contributed by atoms with Crippen LogP contribution in [0.1, 0.15) is 12.8 Å². The Morgan fingerprint density at radius 2 is 0.963 bits per heavy atom. The molecule has 164 valence electrons. The second-order valence-corrected chi connectivity index (χ2v) is 7.74. The van der Waals surface area contributed by atoms with Crippen molar-refractivity contribution in [3.8, 4) is 0 Å². The van der Waals surface area contributed by atoms with Gasteiger partial charge in [-0.2, -0.15) is 50.5 Å². The summed E-state index contributed by atoms with van der Waals surface area (Å²) in [5.41, 5.74) is -0.465. The van der Waals surface area contributed by atoms with Gasteiger partial charge in [0.2, 0.25) is 0 Å². The topological polar surface area (TPSA) is 55.4 Å². The van der Waals surface area contributed by atoms with Crippen LogP contribution in [0.2, 0.25) is 0 Å². The van der Waals surface area contributed by atoms with Crippen molar-refractivity contribution in [2.24, 2.45) is 5.41 Å². The lowest BCUT2D eigenvalue weighted by Gasteiger charge is -2.32. The maximum atomic E-state index is 5.83. The Bertz CT molecular complexity index is 271. The lowest BCUT2D eigenvalue weighted by molar-refractivity contribution is -0.315. The van der Waals surface area contributed by atoms with Crippen molar-refractivity contribution < 1.29 is 28.7 Å². The van der Waals surface area contributed by atoms with Crippen molar-refractivity contribution in [1.29, 1.82) is 0 Å². The Kier molecular flexibility index (Phi) is 22.8. The molecule has 0 rings (SSSR count). The highest BCUT2D eigenvalue weighted by molar-refractivity contribution is 7.80. The molecule has 0 saturated carbocycles. The molecule has 0 fully saturated rings. The molecule has 0 bridgehead atoms. The molecule has 0 saturated heterocycles. The van der Waals surface area contributed by atoms with Crippen LogP contribution < -0.4 is 0 Å². The Morgan fingerprint density at radius 3 is 1.48 bits per heavy atom. The van der Waals surface area contributed by atoms with Gasteiger partial charge in [-0.1, -0.05) is 0 Å². The average Bonchev–Trinajstić information content (AvgIpc) is 2.68. The first kappa shape index (κ1) is 28.2. The van der Waals surface area contributed by atoms with Gasteiger partial charge in [0, 0.05) is 24.7 Å². The van der Waals surface area contributed by atoms with Crippen LogP contribution in [0.25, 0.3) is 0 Å². The second-order valence-electron chi connectivity index (χ2n) is 5.96. The van der Waals surface area contributed by atoms with E-state index in [1.165, 1.54) is 0 Å². The molecule has 0 aliphatic carbocycles. The number of hydrogen-bond donors (Lipinski definition) is 4. The van der Waals surface area contributed by atoms with Gasteiger partial charge >= 0.3 is 0 Å². The SMILES string of the molecule is SCCCOCC(COCCCS)(COCCOCCS)COOCCS. The minimum Gasteiger partial charge on any atom is -0.381 e. The van der Waals surface area contributed by atoms with Crippen LogP contribution in [0.3, 0.4) is 0 Å². The van der Waals surface area contributed by atoms with E-state index in [1.54, 1.807) is 0 Å². The second kappa shape index (κ2) is 21.9. The fourth-order valence-corrected chi connectivity index (χ4v) is 2.46. The van der Waals surface area contributed by atoms with Crippen LogP contribution in [0.5, 0.6) is 0 Å². The molecule has 0 heterocycles. The summed E-state index contributed by atoms with van der Waals surface area (Å²) in [5.74, 6) is 2.85. The Balaban J connectivity index is 4.61. The largest absolute Gasteiger partial charge is 0.381 e. The maximum Gasteiger partial charge on any atom is 0.0945 e. The molecule has 0 amide bonds. The van der Waals surface area contributed by atoms with Gasteiger partial charge in [0.1, 0.15) is 0 Å². The van der Waals surface area contributed by atoms with Gasteiger partial charge in [0.15, 0.2) is 0 Å². The highest BCUT2D eigenvalue weighted by Crippen LogP contribution is 2.21. The summed E-state index contributed by atoms with van der Waals surface area (Å²) in [6.07, 6.45) is 1.77. The fourth-order valence-electron chi connectivity index (χ4n) is 2.00. The van der Waals surface area contributed by atoms with E-state index in [2.05, 4.69) is 50.5 Å². The van der Waals surface area contributed by atoms with E-state index < -0.39 is 5.41 Å². The van der Waals surface area contributed by atoms with Gasteiger partial charge in [-0.3, -0.25) is 0 Å². The van der Waals surface area contributed by atoms with E-state index >= 15 is 0 Å². The van der Waals surface area contributed by atoms with Gasteiger partial charge in [-0.25, -0.2) is 9.78 Å². The van der Waals surface area contributed by atoms with Crippen LogP contribution in [0, 0.1) is 5.41 Å². The van der Waals surface area contributed by atoms with Gasteiger partial charge in [-0.05, 0) is 24.3 Å². The molecule has 0 radical (unpaired) electrons. The summed E-state index contributed by atoms with van der Waals surface area (Å²) in [5, 5.41) is 0. The third kappa shape index (κ3) is 17.7. The first-order valence-electron chi connectivity index (χ1n) is 9.23. The van der Waals surface area contributed by atoms with Crippen molar-refractivity contribution in [1.82, 2.24) is 0 Å². The molecule has 0 atom stereocenters. The first-order chi connectivity index (χ1) is 13.2. The monoisotopic (exact) mass is 464 g/mol. The Morgan fingerprint density at radius 1 is 0.444 bits per heavy atom. The minimum atomic E-state index is -0.465. The van der Waals surface area contributed by atoms with Crippen molar-refractivity contribution >= 4 is 50.5 Å². The molecule has 0 spiro atoms. The van der Waals surface area contributed by atoms with Crippen LogP contribution in [0.4, 0.5) is 0 Å². The lowest BCUT2D eigenvalue weighted by Crippen LogP contribution is -2.42. The van der Waals surface area contributed by atoms with Gasteiger partial charge < -0.3 is 18.9 Å². The fraction of sp³-hybridized carbons (Fsp3) is 1.00. The predicted octanol–water partition coefficient (Wildman–Crippen LogP) is 2.49. The maximum absolute atomic E-state index is 5.83.